The molecule has 136 valence electrons. The molecule has 9 heteroatoms. The van der Waals surface area contributed by atoms with Crippen molar-refractivity contribution in [3.8, 4) is 11.5 Å². The molecule has 0 aliphatic heterocycles. The van der Waals surface area contributed by atoms with Gasteiger partial charge in [-0.05, 0) is 42.8 Å². The molecule has 2 aromatic carbocycles. The monoisotopic (exact) mass is 367 g/mol. The van der Waals surface area contributed by atoms with Gasteiger partial charge in [-0.1, -0.05) is 12.1 Å². The van der Waals surface area contributed by atoms with Crippen molar-refractivity contribution in [1.29, 1.82) is 0 Å². The van der Waals surface area contributed by atoms with E-state index in [0.29, 0.717) is 0 Å². The Hall–Kier alpha value is -3.36. The van der Waals surface area contributed by atoms with Crippen molar-refractivity contribution in [3.63, 3.8) is 0 Å². The van der Waals surface area contributed by atoms with Crippen LogP contribution in [-0.2, 0) is 11.0 Å². The molecule has 0 bridgehead atoms. The maximum atomic E-state index is 12.7. The molecule has 0 saturated heterocycles. The molecular weight excluding hydrogens is 355 g/mol. The summed E-state index contributed by atoms with van der Waals surface area (Å²) in [6, 6.07) is 7.58. The summed E-state index contributed by atoms with van der Waals surface area (Å²) >= 11 is 0. The fourth-order valence-electron chi connectivity index (χ4n) is 2.03. The highest BCUT2D eigenvalue weighted by Gasteiger charge is 2.30. The lowest BCUT2D eigenvalue weighted by molar-refractivity contribution is -0.385. The van der Waals surface area contributed by atoms with Gasteiger partial charge < -0.3 is 9.84 Å². The van der Waals surface area contributed by atoms with Crippen LogP contribution in [0.1, 0.15) is 18.1 Å². The highest BCUT2D eigenvalue weighted by molar-refractivity contribution is 5.91. The van der Waals surface area contributed by atoms with E-state index >= 15 is 0 Å². The Morgan fingerprint density at radius 1 is 1.23 bits per heavy atom. The maximum absolute atomic E-state index is 12.7. The Morgan fingerprint density at radius 3 is 2.50 bits per heavy atom. The van der Waals surface area contributed by atoms with Crippen LogP contribution in [-0.4, -0.2) is 16.0 Å². The van der Waals surface area contributed by atoms with Crippen LogP contribution in [0, 0.1) is 10.1 Å². The zero-order valence-corrected chi connectivity index (χ0v) is 13.3. The minimum atomic E-state index is -4.58. The molecule has 2 rings (SSSR count). The Kier molecular flexibility index (Phi) is 5.30. The summed E-state index contributed by atoms with van der Waals surface area (Å²) in [5.41, 5.74) is -1.25. The van der Waals surface area contributed by atoms with Crippen molar-refractivity contribution < 1.29 is 32.7 Å². The Morgan fingerprint density at radius 2 is 1.92 bits per heavy atom. The first-order valence-electron chi connectivity index (χ1n) is 7.13. The molecule has 0 amide bonds. The van der Waals surface area contributed by atoms with Crippen LogP contribution in [0.15, 0.2) is 48.0 Å². The lowest BCUT2D eigenvalue weighted by atomic mass is 10.1. The van der Waals surface area contributed by atoms with E-state index < -0.39 is 28.3 Å². The molecule has 1 N–H and O–H groups in total. The number of alkyl halides is 3. The van der Waals surface area contributed by atoms with E-state index in [1.54, 1.807) is 0 Å². The predicted molar refractivity (Wildman–Crippen MR) is 85.9 cm³/mol. The molecule has 0 aromatic heterocycles. The highest BCUT2D eigenvalue weighted by atomic mass is 19.4. The highest BCUT2D eigenvalue weighted by Crippen LogP contribution is 2.36. The van der Waals surface area contributed by atoms with Gasteiger partial charge >= 0.3 is 17.8 Å². The standard InChI is InChI=1S/C17H12F3NO5/c1-10(16(22)23)7-11-5-6-15(14(8-11)21(24)25)26-13-4-2-3-12(9-13)17(18,19)20/h2-9H,1H3,(H,22,23)/b10-7+. The van der Waals surface area contributed by atoms with Gasteiger partial charge in [0.05, 0.1) is 10.5 Å². The van der Waals surface area contributed by atoms with Crippen molar-refractivity contribution in [1.82, 2.24) is 0 Å². The normalized spacial score (nSPS) is 11.9. The molecule has 26 heavy (non-hydrogen) atoms. The van der Waals surface area contributed by atoms with Crippen molar-refractivity contribution in [2.75, 3.05) is 0 Å². The number of ether oxygens (including phenoxy) is 1. The average molecular weight is 367 g/mol. The van der Waals surface area contributed by atoms with Gasteiger partial charge in [-0.2, -0.15) is 13.2 Å². The first-order valence-corrected chi connectivity index (χ1v) is 7.13. The van der Waals surface area contributed by atoms with Crippen LogP contribution < -0.4 is 4.74 Å². The van der Waals surface area contributed by atoms with E-state index in [1.807, 2.05) is 0 Å². The predicted octanol–water partition coefficient (Wildman–Crippen LogP) is 4.89. The number of hydrogen-bond donors (Lipinski definition) is 1. The van der Waals surface area contributed by atoms with Gasteiger partial charge in [0, 0.05) is 11.6 Å². The average Bonchev–Trinajstić information content (AvgIpc) is 2.55. The quantitative estimate of drug-likeness (QED) is 0.461. The summed E-state index contributed by atoms with van der Waals surface area (Å²) in [5.74, 6) is -1.66. The summed E-state index contributed by atoms with van der Waals surface area (Å²) in [7, 11) is 0. The molecule has 0 unspecified atom stereocenters. The van der Waals surface area contributed by atoms with Crippen LogP contribution in [0.3, 0.4) is 0 Å². The Labute approximate surface area is 145 Å². The lowest BCUT2D eigenvalue weighted by Crippen LogP contribution is -2.04. The largest absolute Gasteiger partial charge is 0.478 e. The number of rotatable bonds is 5. The Bertz CT molecular complexity index is 890. The molecule has 2 aromatic rings. The summed E-state index contributed by atoms with van der Waals surface area (Å²) < 4.78 is 43.4. The van der Waals surface area contributed by atoms with Crippen molar-refractivity contribution in [2.24, 2.45) is 0 Å². The van der Waals surface area contributed by atoms with Crippen molar-refractivity contribution >= 4 is 17.7 Å². The van der Waals surface area contributed by atoms with Crippen LogP contribution in [0.5, 0.6) is 11.5 Å². The fraction of sp³-hybridized carbons (Fsp3) is 0.118. The Balaban J connectivity index is 2.40. The molecule has 0 heterocycles. The minimum absolute atomic E-state index is 0.0363. The smallest absolute Gasteiger partial charge is 0.416 e. The van der Waals surface area contributed by atoms with Gasteiger partial charge in [0.25, 0.3) is 0 Å². The van der Waals surface area contributed by atoms with E-state index in [2.05, 4.69) is 0 Å². The van der Waals surface area contributed by atoms with Crippen LogP contribution in [0.2, 0.25) is 0 Å². The second-order valence-electron chi connectivity index (χ2n) is 5.24. The molecule has 0 atom stereocenters. The van der Waals surface area contributed by atoms with E-state index in [0.717, 1.165) is 24.3 Å². The summed E-state index contributed by atoms with van der Waals surface area (Å²) in [4.78, 5) is 21.3. The number of carboxylic acids is 1. The number of aliphatic carboxylic acids is 1. The van der Waals surface area contributed by atoms with Crippen LogP contribution in [0.25, 0.3) is 6.08 Å². The first kappa shape index (κ1) is 19.0. The number of hydrogen-bond acceptors (Lipinski definition) is 4. The zero-order chi connectivity index (χ0) is 19.5. The first-order chi connectivity index (χ1) is 12.1. The molecule has 6 nitrogen and oxygen atoms in total. The fourth-order valence-corrected chi connectivity index (χ4v) is 2.03. The van der Waals surface area contributed by atoms with Crippen LogP contribution >= 0.6 is 0 Å². The molecule has 0 spiro atoms. The minimum Gasteiger partial charge on any atom is -0.478 e. The van der Waals surface area contributed by atoms with E-state index in [1.165, 1.54) is 31.2 Å². The van der Waals surface area contributed by atoms with Gasteiger partial charge in [0.2, 0.25) is 5.75 Å². The number of nitro groups is 1. The van der Waals surface area contributed by atoms with Crippen molar-refractivity contribution in [2.45, 2.75) is 13.1 Å². The summed E-state index contributed by atoms with van der Waals surface area (Å²) in [6.07, 6.45) is -3.35. The number of halogens is 3. The van der Waals surface area contributed by atoms with Gasteiger partial charge in [0.15, 0.2) is 0 Å². The van der Waals surface area contributed by atoms with Crippen molar-refractivity contribution in [3.05, 3.63) is 69.3 Å². The number of benzene rings is 2. The van der Waals surface area contributed by atoms with E-state index in [4.69, 9.17) is 9.84 Å². The third kappa shape index (κ3) is 4.59. The van der Waals surface area contributed by atoms with E-state index in [-0.39, 0.29) is 22.6 Å². The third-order valence-corrected chi connectivity index (χ3v) is 3.29. The van der Waals surface area contributed by atoms with Gasteiger partial charge in [-0.3, -0.25) is 10.1 Å². The SMILES string of the molecule is C/C(=C\c1ccc(Oc2cccc(C(F)(F)F)c2)c([N+](=O)[O-])c1)C(=O)O. The number of carbonyl (C=O) groups is 1. The second-order valence-corrected chi connectivity index (χ2v) is 5.24. The molecular formula is C17H12F3NO5. The second kappa shape index (κ2) is 7.26. The van der Waals surface area contributed by atoms with E-state index in [9.17, 15) is 28.1 Å². The number of nitrogens with zero attached hydrogens (tertiary/aromatic N) is 1. The molecule has 0 saturated carbocycles. The number of nitro benzene ring substituents is 1. The molecule has 0 radical (unpaired) electrons. The topological polar surface area (TPSA) is 89.7 Å². The zero-order valence-electron chi connectivity index (χ0n) is 13.3. The van der Waals surface area contributed by atoms with Gasteiger partial charge in [0.1, 0.15) is 5.75 Å². The molecule has 0 aliphatic carbocycles. The van der Waals surface area contributed by atoms with Crippen LogP contribution in [0.4, 0.5) is 18.9 Å². The van der Waals surface area contributed by atoms with Gasteiger partial charge in [-0.15, -0.1) is 0 Å². The summed E-state index contributed by atoms with van der Waals surface area (Å²) in [5, 5.41) is 20.1. The third-order valence-electron chi connectivity index (χ3n) is 3.29. The lowest BCUT2D eigenvalue weighted by Gasteiger charge is -2.10. The molecule has 0 aliphatic rings. The van der Waals surface area contributed by atoms with Gasteiger partial charge in [-0.25, -0.2) is 4.79 Å². The molecule has 0 fully saturated rings. The maximum Gasteiger partial charge on any atom is 0.416 e. The number of carboxylic acid groups (broad SMARTS) is 1. The summed E-state index contributed by atoms with van der Waals surface area (Å²) in [6.45, 7) is 1.32.